The minimum absolute atomic E-state index is 0.873. The minimum Gasteiger partial charge on any atom is -0.309 e. The second-order valence-corrected chi connectivity index (χ2v) is 7.38. The predicted molar refractivity (Wildman–Crippen MR) is 131 cm³/mol. The van der Waals surface area contributed by atoms with Crippen molar-refractivity contribution >= 4 is 23.1 Å². The van der Waals surface area contributed by atoms with Crippen molar-refractivity contribution in [3.63, 3.8) is 0 Å². The highest BCUT2D eigenvalue weighted by atomic mass is 31.2. The molecule has 154 valence electrons. The van der Waals surface area contributed by atoms with Gasteiger partial charge in [-0.25, -0.2) is 0 Å². The van der Waals surface area contributed by atoms with Gasteiger partial charge in [-0.3, -0.25) is 0 Å². The van der Waals surface area contributed by atoms with Gasteiger partial charge in [-0.15, -0.1) is 0 Å². The summed E-state index contributed by atoms with van der Waals surface area (Å²) in [5.41, 5.74) is 0. The minimum atomic E-state index is -2.78. The molecule has 0 aromatic heterocycles. The molecule has 0 aliphatic carbocycles. The molecule has 0 atom stereocenters. The maximum absolute atomic E-state index is 13.8. The molecule has 3 aromatic carbocycles. The Balaban J connectivity index is 0. The van der Waals surface area contributed by atoms with E-state index in [0.29, 0.717) is 0 Å². The number of benzene rings is 3. The van der Waals surface area contributed by atoms with E-state index in [-0.39, 0.29) is 0 Å². The smallest absolute Gasteiger partial charge is 0.171 e. The second kappa shape index (κ2) is 18.3. The maximum Gasteiger partial charge on any atom is 0.171 e. The molecule has 3 aromatic rings. The molecule has 0 bridgehead atoms. The number of rotatable bonds is 3. The van der Waals surface area contributed by atoms with Crippen molar-refractivity contribution in [2.45, 2.75) is 55.4 Å². The van der Waals surface area contributed by atoms with Crippen LogP contribution in [0.15, 0.2) is 91.0 Å². The summed E-state index contributed by atoms with van der Waals surface area (Å²) < 4.78 is 13.8. The predicted octanol–water partition coefficient (Wildman–Crippen LogP) is 7.43. The third-order valence-corrected chi connectivity index (χ3v) is 6.44. The van der Waals surface area contributed by atoms with Gasteiger partial charge in [0.1, 0.15) is 0 Å². The van der Waals surface area contributed by atoms with Crippen LogP contribution in [-0.4, -0.2) is 0 Å². The summed E-state index contributed by atoms with van der Waals surface area (Å²) in [4.78, 5) is 0. The van der Waals surface area contributed by atoms with Crippen LogP contribution in [0.5, 0.6) is 0 Å². The molecule has 2 heteroatoms. The first-order valence-corrected chi connectivity index (χ1v) is 12.3. The van der Waals surface area contributed by atoms with Crippen LogP contribution < -0.4 is 15.9 Å². The molecule has 0 aliphatic rings. The van der Waals surface area contributed by atoms with Gasteiger partial charge >= 0.3 is 0 Å². The molecule has 0 saturated heterocycles. The first-order valence-electron chi connectivity index (χ1n) is 10.6. The van der Waals surface area contributed by atoms with Crippen molar-refractivity contribution in [1.29, 1.82) is 0 Å². The first-order chi connectivity index (χ1) is 13.8. The van der Waals surface area contributed by atoms with Crippen LogP contribution in [0.1, 0.15) is 55.4 Å². The van der Waals surface area contributed by atoms with E-state index in [0.717, 1.165) is 15.9 Å². The van der Waals surface area contributed by atoms with Gasteiger partial charge in [0.25, 0.3) is 0 Å². The molecular formula is C26H39OP. The third kappa shape index (κ3) is 7.87. The van der Waals surface area contributed by atoms with Gasteiger partial charge in [-0.2, -0.15) is 0 Å². The molecule has 0 radical (unpaired) electrons. The van der Waals surface area contributed by atoms with Crippen LogP contribution in [0.2, 0.25) is 0 Å². The van der Waals surface area contributed by atoms with E-state index in [1.54, 1.807) is 0 Å². The van der Waals surface area contributed by atoms with Crippen LogP contribution in [0.3, 0.4) is 0 Å². The van der Waals surface area contributed by atoms with E-state index >= 15 is 0 Å². The molecule has 0 amide bonds. The fraction of sp³-hybridized carbons (Fsp3) is 0.308. The summed E-state index contributed by atoms with van der Waals surface area (Å²) in [5, 5.41) is 2.62. The number of hydrogen-bond acceptors (Lipinski definition) is 1. The van der Waals surface area contributed by atoms with Crippen molar-refractivity contribution in [2.24, 2.45) is 0 Å². The van der Waals surface area contributed by atoms with Crippen LogP contribution in [0.25, 0.3) is 0 Å². The van der Waals surface area contributed by atoms with E-state index in [4.69, 9.17) is 0 Å². The summed E-state index contributed by atoms with van der Waals surface area (Å²) in [6.45, 7) is 16.0. The summed E-state index contributed by atoms with van der Waals surface area (Å²) >= 11 is 0. The Labute approximate surface area is 174 Å². The highest BCUT2D eigenvalue weighted by Crippen LogP contribution is 2.41. The van der Waals surface area contributed by atoms with Gasteiger partial charge < -0.3 is 4.57 Å². The van der Waals surface area contributed by atoms with Gasteiger partial charge in [-0.1, -0.05) is 146 Å². The van der Waals surface area contributed by atoms with Gasteiger partial charge in [0.2, 0.25) is 0 Å². The maximum atomic E-state index is 13.8. The largest absolute Gasteiger partial charge is 0.309 e. The Morgan fingerprint density at radius 2 is 0.571 bits per heavy atom. The molecule has 0 saturated carbocycles. The van der Waals surface area contributed by atoms with Crippen LogP contribution in [0.4, 0.5) is 0 Å². The Bertz CT molecular complexity index is 619. The van der Waals surface area contributed by atoms with Gasteiger partial charge in [0.05, 0.1) is 0 Å². The van der Waals surface area contributed by atoms with Gasteiger partial charge in [0.15, 0.2) is 7.14 Å². The molecule has 3 rings (SSSR count). The normalized spacial score (nSPS) is 8.86. The highest BCUT2D eigenvalue weighted by molar-refractivity contribution is 7.85. The summed E-state index contributed by atoms with van der Waals surface area (Å²) in [7, 11) is -2.78. The van der Waals surface area contributed by atoms with Crippen molar-refractivity contribution < 1.29 is 4.57 Å². The quantitative estimate of drug-likeness (QED) is 0.419. The van der Waals surface area contributed by atoms with Crippen molar-refractivity contribution in [1.82, 2.24) is 0 Å². The summed E-state index contributed by atoms with van der Waals surface area (Å²) in [6, 6.07) is 29.1. The van der Waals surface area contributed by atoms with E-state index in [2.05, 4.69) is 0 Å². The van der Waals surface area contributed by atoms with Gasteiger partial charge in [-0.05, 0) is 0 Å². The van der Waals surface area contributed by atoms with E-state index in [9.17, 15) is 4.57 Å². The number of hydrogen-bond donors (Lipinski definition) is 0. The molecule has 1 nitrogen and oxygen atoms in total. The van der Waals surface area contributed by atoms with Crippen LogP contribution >= 0.6 is 7.14 Å². The van der Waals surface area contributed by atoms with Crippen molar-refractivity contribution in [2.75, 3.05) is 0 Å². The Kier molecular flexibility index (Phi) is 18.3. The highest BCUT2D eigenvalue weighted by Gasteiger charge is 2.28. The zero-order valence-corrected chi connectivity index (χ0v) is 19.9. The lowest BCUT2D eigenvalue weighted by Gasteiger charge is -2.19. The molecule has 0 fully saturated rings. The second-order valence-electron chi connectivity index (χ2n) is 4.62. The van der Waals surface area contributed by atoms with E-state index in [1.807, 2.05) is 146 Å². The van der Waals surface area contributed by atoms with Crippen LogP contribution in [-0.2, 0) is 4.57 Å². The standard InChI is InChI=1S/C18H15OP.4C2H6/c19-20(16-10-4-1-5-11-16,17-12-6-2-7-13-17)18-14-8-3-9-15-18;4*1-2/h1-15H;4*1-2H3. The zero-order valence-electron chi connectivity index (χ0n) is 19.0. The van der Waals surface area contributed by atoms with Crippen LogP contribution in [0, 0.1) is 0 Å². The van der Waals surface area contributed by atoms with E-state index in [1.165, 1.54) is 0 Å². The summed E-state index contributed by atoms with van der Waals surface area (Å²) in [6.07, 6.45) is 0. The average Bonchev–Trinajstić information content (AvgIpc) is 2.85. The average molecular weight is 399 g/mol. The Hall–Kier alpha value is -2.11. The van der Waals surface area contributed by atoms with Gasteiger partial charge in [0, 0.05) is 15.9 Å². The fourth-order valence-electron chi connectivity index (χ4n) is 2.36. The molecule has 0 unspecified atom stereocenters. The molecule has 28 heavy (non-hydrogen) atoms. The molecule has 0 spiro atoms. The Morgan fingerprint density at radius 1 is 0.393 bits per heavy atom. The lowest BCUT2D eigenvalue weighted by molar-refractivity contribution is 0.592. The lowest BCUT2D eigenvalue weighted by Crippen LogP contribution is -2.24. The fourth-order valence-corrected chi connectivity index (χ4v) is 5.03. The third-order valence-electron chi connectivity index (χ3n) is 3.36. The Morgan fingerprint density at radius 3 is 0.750 bits per heavy atom. The molecular weight excluding hydrogens is 359 g/mol. The van der Waals surface area contributed by atoms with Crippen molar-refractivity contribution in [3.8, 4) is 0 Å². The molecule has 0 N–H and O–H groups in total. The SMILES string of the molecule is CC.CC.CC.CC.O=P(c1ccccc1)(c1ccccc1)c1ccccc1. The van der Waals surface area contributed by atoms with E-state index < -0.39 is 7.14 Å². The molecule has 0 aliphatic heterocycles. The lowest BCUT2D eigenvalue weighted by atomic mass is 10.4. The topological polar surface area (TPSA) is 17.1 Å². The zero-order chi connectivity index (χ0) is 21.8. The summed E-state index contributed by atoms with van der Waals surface area (Å²) in [5.74, 6) is 0. The first kappa shape index (κ1) is 28.1. The van der Waals surface area contributed by atoms with Crippen molar-refractivity contribution in [3.05, 3.63) is 91.0 Å². The molecule has 0 heterocycles. The monoisotopic (exact) mass is 398 g/mol.